The van der Waals surface area contributed by atoms with Crippen LogP contribution in [0.1, 0.15) is 19.5 Å². The van der Waals surface area contributed by atoms with E-state index in [0.29, 0.717) is 26.3 Å². The Morgan fingerprint density at radius 1 is 1.29 bits per heavy atom. The number of rotatable bonds is 6. The average molecular weight is 387 g/mol. The number of carbonyl (C=O) groups is 2. The predicted molar refractivity (Wildman–Crippen MR) is 95.7 cm³/mol. The van der Waals surface area contributed by atoms with Crippen LogP contribution in [-0.4, -0.2) is 28.0 Å². The van der Waals surface area contributed by atoms with Gasteiger partial charge >= 0.3 is 5.97 Å². The maximum atomic E-state index is 12.0. The zero-order chi connectivity index (χ0) is 17.9. The summed E-state index contributed by atoms with van der Waals surface area (Å²) in [5, 5.41) is 14.9. The van der Waals surface area contributed by atoms with Crippen molar-refractivity contribution in [1.29, 1.82) is 0 Å². The molecular weight excluding hydrogens is 371 g/mol. The molecule has 0 saturated carbocycles. The number of aromatic nitrogens is 1. The number of carbonyl (C=O) groups excluding carboxylic acids is 1. The SMILES string of the molecule is CC(C)C(NC(=O)Cc1csc(-c2c(Cl)cccc2Cl)n1)C(=O)O. The number of hydrogen-bond acceptors (Lipinski definition) is 4. The lowest BCUT2D eigenvalue weighted by Gasteiger charge is -2.17. The van der Waals surface area contributed by atoms with E-state index in [1.54, 1.807) is 37.4 Å². The van der Waals surface area contributed by atoms with Crippen LogP contribution in [0.2, 0.25) is 10.0 Å². The summed E-state index contributed by atoms with van der Waals surface area (Å²) in [6.45, 7) is 3.47. The molecule has 1 amide bonds. The summed E-state index contributed by atoms with van der Waals surface area (Å²) in [6, 6.07) is 4.26. The summed E-state index contributed by atoms with van der Waals surface area (Å²) in [6.07, 6.45) is -0.00489. The molecular formula is C16H16Cl2N2O3S. The fourth-order valence-electron chi connectivity index (χ4n) is 2.11. The van der Waals surface area contributed by atoms with Crippen molar-refractivity contribution in [2.24, 2.45) is 5.92 Å². The predicted octanol–water partition coefficient (Wildman–Crippen LogP) is 3.88. The van der Waals surface area contributed by atoms with Gasteiger partial charge in [-0.2, -0.15) is 0 Å². The van der Waals surface area contributed by atoms with Crippen LogP contribution in [0.5, 0.6) is 0 Å². The molecule has 0 fully saturated rings. The van der Waals surface area contributed by atoms with Gasteiger partial charge in [0.2, 0.25) is 5.91 Å². The van der Waals surface area contributed by atoms with Crippen molar-refractivity contribution in [3.05, 3.63) is 39.3 Å². The Balaban J connectivity index is 2.12. The van der Waals surface area contributed by atoms with Crippen molar-refractivity contribution >= 4 is 46.4 Å². The first kappa shape index (κ1) is 18.7. The topological polar surface area (TPSA) is 79.3 Å². The molecule has 128 valence electrons. The lowest BCUT2D eigenvalue weighted by Crippen LogP contribution is -2.44. The van der Waals surface area contributed by atoms with E-state index in [-0.39, 0.29) is 12.3 Å². The van der Waals surface area contributed by atoms with E-state index in [1.807, 2.05) is 0 Å². The average Bonchev–Trinajstić information content (AvgIpc) is 2.92. The highest BCUT2D eigenvalue weighted by Gasteiger charge is 2.24. The third kappa shape index (κ3) is 4.47. The maximum absolute atomic E-state index is 12.0. The van der Waals surface area contributed by atoms with Gasteiger partial charge in [-0.25, -0.2) is 9.78 Å². The van der Waals surface area contributed by atoms with Crippen molar-refractivity contribution in [1.82, 2.24) is 10.3 Å². The highest BCUT2D eigenvalue weighted by molar-refractivity contribution is 7.13. The lowest BCUT2D eigenvalue weighted by atomic mass is 10.0. The second-order valence-corrected chi connectivity index (χ2v) is 7.22. The van der Waals surface area contributed by atoms with Crippen molar-refractivity contribution in [2.45, 2.75) is 26.3 Å². The minimum atomic E-state index is -1.06. The molecule has 0 radical (unpaired) electrons. The number of aliphatic carboxylic acids is 1. The van der Waals surface area contributed by atoms with Crippen LogP contribution in [0.3, 0.4) is 0 Å². The maximum Gasteiger partial charge on any atom is 0.326 e. The fraction of sp³-hybridized carbons (Fsp3) is 0.312. The Morgan fingerprint density at radius 3 is 2.46 bits per heavy atom. The number of nitrogens with one attached hydrogen (secondary N) is 1. The van der Waals surface area contributed by atoms with Crippen LogP contribution in [0.4, 0.5) is 0 Å². The number of hydrogen-bond donors (Lipinski definition) is 2. The highest BCUT2D eigenvalue weighted by Crippen LogP contribution is 2.36. The van der Waals surface area contributed by atoms with E-state index in [1.165, 1.54) is 11.3 Å². The Kier molecular flexibility index (Phi) is 6.21. The lowest BCUT2D eigenvalue weighted by molar-refractivity contribution is -0.143. The molecule has 1 aromatic carbocycles. The molecule has 0 aliphatic heterocycles. The molecule has 2 aromatic rings. The van der Waals surface area contributed by atoms with Gasteiger partial charge in [0, 0.05) is 10.9 Å². The number of nitrogens with zero attached hydrogens (tertiary/aromatic N) is 1. The van der Waals surface area contributed by atoms with Crippen LogP contribution in [0.25, 0.3) is 10.6 Å². The highest BCUT2D eigenvalue weighted by atomic mass is 35.5. The van der Waals surface area contributed by atoms with Crippen molar-refractivity contribution in [3.63, 3.8) is 0 Å². The Bertz CT molecular complexity index is 741. The molecule has 0 spiro atoms. The molecule has 0 saturated heterocycles. The van der Waals surface area contributed by atoms with E-state index in [9.17, 15) is 9.59 Å². The first-order valence-corrected chi connectivity index (χ1v) is 8.84. The minimum absolute atomic E-state index is 0.00489. The van der Waals surface area contributed by atoms with Crippen LogP contribution in [0, 0.1) is 5.92 Å². The van der Waals surface area contributed by atoms with Gasteiger partial charge in [-0.3, -0.25) is 4.79 Å². The number of amides is 1. The molecule has 0 bridgehead atoms. The summed E-state index contributed by atoms with van der Waals surface area (Å²) in [5.41, 5.74) is 1.17. The van der Waals surface area contributed by atoms with Gasteiger partial charge in [0.05, 0.1) is 22.2 Å². The first-order chi connectivity index (χ1) is 11.3. The van der Waals surface area contributed by atoms with Gasteiger partial charge in [-0.05, 0) is 18.1 Å². The molecule has 8 heteroatoms. The Hall–Kier alpha value is -1.63. The molecule has 2 N–H and O–H groups in total. The van der Waals surface area contributed by atoms with Gasteiger partial charge in [-0.1, -0.05) is 43.1 Å². The zero-order valence-corrected chi connectivity index (χ0v) is 15.4. The standard InChI is InChI=1S/C16H16Cl2N2O3S/c1-8(2)14(16(22)23)20-12(21)6-9-7-24-15(19-9)13-10(17)4-3-5-11(13)18/h3-5,7-8,14H,6H2,1-2H3,(H,20,21)(H,22,23). The summed E-state index contributed by atoms with van der Waals surface area (Å²) < 4.78 is 0. The molecule has 0 aliphatic carbocycles. The van der Waals surface area contributed by atoms with Crippen molar-refractivity contribution in [2.75, 3.05) is 0 Å². The number of thiazole rings is 1. The number of halogens is 2. The fourth-order valence-corrected chi connectivity index (χ4v) is 3.69. The number of carboxylic acid groups (broad SMARTS) is 1. The summed E-state index contributed by atoms with van der Waals surface area (Å²) >= 11 is 13.6. The molecule has 5 nitrogen and oxygen atoms in total. The summed E-state index contributed by atoms with van der Waals surface area (Å²) in [5.74, 6) is -1.65. The van der Waals surface area contributed by atoms with Gasteiger partial charge < -0.3 is 10.4 Å². The molecule has 24 heavy (non-hydrogen) atoms. The van der Waals surface area contributed by atoms with Gasteiger partial charge in [0.1, 0.15) is 11.0 Å². The van der Waals surface area contributed by atoms with E-state index >= 15 is 0 Å². The van der Waals surface area contributed by atoms with Crippen molar-refractivity contribution in [3.8, 4) is 10.6 Å². The summed E-state index contributed by atoms with van der Waals surface area (Å²) in [4.78, 5) is 27.6. The monoisotopic (exact) mass is 386 g/mol. The Morgan fingerprint density at radius 2 is 1.92 bits per heavy atom. The third-order valence-electron chi connectivity index (χ3n) is 3.32. The number of carboxylic acids is 1. The van der Waals surface area contributed by atoms with Gasteiger partial charge in [-0.15, -0.1) is 11.3 Å². The van der Waals surface area contributed by atoms with E-state index < -0.39 is 17.9 Å². The first-order valence-electron chi connectivity index (χ1n) is 7.20. The molecule has 0 aliphatic rings. The van der Waals surface area contributed by atoms with Gasteiger partial charge in [0.25, 0.3) is 0 Å². The van der Waals surface area contributed by atoms with Gasteiger partial charge in [0.15, 0.2) is 0 Å². The van der Waals surface area contributed by atoms with Crippen LogP contribution in [-0.2, 0) is 16.0 Å². The minimum Gasteiger partial charge on any atom is -0.480 e. The second kappa shape index (κ2) is 7.96. The quantitative estimate of drug-likeness (QED) is 0.788. The van der Waals surface area contributed by atoms with Crippen LogP contribution < -0.4 is 5.32 Å². The largest absolute Gasteiger partial charge is 0.480 e. The molecule has 1 heterocycles. The molecule has 2 rings (SSSR count). The second-order valence-electron chi connectivity index (χ2n) is 5.54. The number of benzene rings is 1. The van der Waals surface area contributed by atoms with Crippen LogP contribution >= 0.6 is 34.5 Å². The summed E-state index contributed by atoms with van der Waals surface area (Å²) in [7, 11) is 0. The van der Waals surface area contributed by atoms with Crippen molar-refractivity contribution < 1.29 is 14.7 Å². The van der Waals surface area contributed by atoms with E-state index in [0.717, 1.165) is 0 Å². The third-order valence-corrected chi connectivity index (χ3v) is 4.86. The smallest absolute Gasteiger partial charge is 0.326 e. The molecule has 1 aromatic heterocycles. The van der Waals surface area contributed by atoms with E-state index in [4.69, 9.17) is 28.3 Å². The molecule has 1 atom stereocenters. The zero-order valence-electron chi connectivity index (χ0n) is 13.0. The Labute approximate surface area is 153 Å². The molecule has 1 unspecified atom stereocenters. The normalized spacial score (nSPS) is 12.2. The van der Waals surface area contributed by atoms with Crippen LogP contribution in [0.15, 0.2) is 23.6 Å². The van der Waals surface area contributed by atoms with E-state index in [2.05, 4.69) is 10.3 Å².